The minimum absolute atomic E-state index is 0.285. The van der Waals surface area contributed by atoms with Crippen molar-refractivity contribution in [2.75, 3.05) is 26.7 Å². The van der Waals surface area contributed by atoms with Crippen molar-refractivity contribution in [2.24, 2.45) is 5.92 Å². The van der Waals surface area contributed by atoms with E-state index < -0.39 is 0 Å². The van der Waals surface area contributed by atoms with Crippen LogP contribution < -0.4 is 5.32 Å². The zero-order valence-electron chi connectivity index (χ0n) is 11.2. The number of hydrogen-bond donors (Lipinski definition) is 2. The van der Waals surface area contributed by atoms with Crippen LogP contribution in [0.1, 0.15) is 44.9 Å². The summed E-state index contributed by atoms with van der Waals surface area (Å²) in [6, 6.07) is 1.01. The molecule has 0 aliphatic heterocycles. The third-order valence-corrected chi connectivity index (χ3v) is 4.17. The second kappa shape index (κ2) is 6.72. The summed E-state index contributed by atoms with van der Waals surface area (Å²) >= 11 is 0. The van der Waals surface area contributed by atoms with Crippen LogP contribution in [-0.2, 0) is 0 Å². The van der Waals surface area contributed by atoms with Gasteiger partial charge in [0.2, 0.25) is 0 Å². The predicted molar refractivity (Wildman–Crippen MR) is 71.1 cm³/mol. The molecule has 2 rings (SSSR count). The van der Waals surface area contributed by atoms with Gasteiger partial charge in [0.25, 0.3) is 0 Å². The van der Waals surface area contributed by atoms with E-state index in [0.29, 0.717) is 12.1 Å². The SMILES string of the molecule is CN(CCC(CO)NC1CC1)CC1CCCC1. The van der Waals surface area contributed by atoms with E-state index in [0.717, 1.165) is 18.9 Å². The smallest absolute Gasteiger partial charge is 0.0585 e. The first kappa shape index (κ1) is 13.3. The molecule has 17 heavy (non-hydrogen) atoms. The highest BCUT2D eigenvalue weighted by Gasteiger charge is 2.24. The molecular formula is C14H28N2O. The van der Waals surface area contributed by atoms with E-state index in [4.69, 9.17) is 0 Å². The molecule has 3 nitrogen and oxygen atoms in total. The van der Waals surface area contributed by atoms with E-state index in [1.807, 2.05) is 0 Å². The zero-order valence-corrected chi connectivity index (χ0v) is 11.2. The second-order valence-corrected chi connectivity index (χ2v) is 6.02. The third-order valence-electron chi connectivity index (χ3n) is 4.17. The zero-order chi connectivity index (χ0) is 12.1. The molecule has 0 bridgehead atoms. The molecule has 1 unspecified atom stereocenters. The van der Waals surface area contributed by atoms with E-state index >= 15 is 0 Å². The largest absolute Gasteiger partial charge is 0.395 e. The van der Waals surface area contributed by atoms with Gasteiger partial charge in [0, 0.05) is 18.6 Å². The molecule has 2 saturated carbocycles. The topological polar surface area (TPSA) is 35.5 Å². The first-order chi connectivity index (χ1) is 8.28. The highest BCUT2D eigenvalue weighted by molar-refractivity contribution is 4.85. The maximum atomic E-state index is 9.32. The van der Waals surface area contributed by atoms with E-state index in [1.54, 1.807) is 0 Å². The minimum atomic E-state index is 0.285. The average Bonchev–Trinajstić information content (AvgIpc) is 3.00. The van der Waals surface area contributed by atoms with Crippen molar-refractivity contribution in [2.45, 2.75) is 57.0 Å². The summed E-state index contributed by atoms with van der Waals surface area (Å²) in [4.78, 5) is 2.45. The number of rotatable bonds is 8. The first-order valence-electron chi connectivity index (χ1n) is 7.33. The van der Waals surface area contributed by atoms with Gasteiger partial charge in [-0.15, -0.1) is 0 Å². The lowest BCUT2D eigenvalue weighted by atomic mass is 10.1. The fraction of sp³-hybridized carbons (Fsp3) is 1.00. The van der Waals surface area contributed by atoms with Gasteiger partial charge in [-0.25, -0.2) is 0 Å². The van der Waals surface area contributed by atoms with E-state index in [2.05, 4.69) is 17.3 Å². The summed E-state index contributed by atoms with van der Waals surface area (Å²) in [6.45, 7) is 2.65. The fourth-order valence-electron chi connectivity index (χ4n) is 2.91. The lowest BCUT2D eigenvalue weighted by Gasteiger charge is -2.23. The first-order valence-corrected chi connectivity index (χ1v) is 7.33. The molecule has 2 fully saturated rings. The van der Waals surface area contributed by atoms with E-state index in [-0.39, 0.29) is 6.61 Å². The van der Waals surface area contributed by atoms with Crippen LogP contribution >= 0.6 is 0 Å². The van der Waals surface area contributed by atoms with Gasteiger partial charge in [0.15, 0.2) is 0 Å². The Kier molecular flexibility index (Phi) is 5.26. The number of aliphatic hydroxyl groups is 1. The van der Waals surface area contributed by atoms with E-state index in [1.165, 1.54) is 45.1 Å². The van der Waals surface area contributed by atoms with Gasteiger partial charge < -0.3 is 15.3 Å². The maximum absolute atomic E-state index is 9.32. The van der Waals surface area contributed by atoms with Crippen molar-refractivity contribution in [3.05, 3.63) is 0 Å². The summed E-state index contributed by atoms with van der Waals surface area (Å²) in [6.07, 6.45) is 9.39. The Balaban J connectivity index is 1.57. The van der Waals surface area contributed by atoms with Crippen molar-refractivity contribution in [1.82, 2.24) is 10.2 Å². The number of nitrogens with zero attached hydrogens (tertiary/aromatic N) is 1. The van der Waals surface area contributed by atoms with Crippen LogP contribution in [0.3, 0.4) is 0 Å². The third kappa shape index (κ3) is 4.94. The van der Waals surface area contributed by atoms with Gasteiger partial charge in [-0.2, -0.15) is 0 Å². The number of aliphatic hydroxyl groups excluding tert-OH is 1. The van der Waals surface area contributed by atoms with Crippen LogP contribution in [0.25, 0.3) is 0 Å². The molecule has 3 heteroatoms. The van der Waals surface area contributed by atoms with Crippen molar-refractivity contribution >= 4 is 0 Å². The molecule has 0 spiro atoms. The Hall–Kier alpha value is -0.120. The molecule has 2 N–H and O–H groups in total. The summed E-state index contributed by atoms with van der Waals surface area (Å²) in [5.74, 6) is 0.934. The van der Waals surface area contributed by atoms with Gasteiger partial charge in [0.05, 0.1) is 6.61 Å². The number of hydrogen-bond acceptors (Lipinski definition) is 3. The molecule has 0 aromatic rings. The van der Waals surface area contributed by atoms with Crippen molar-refractivity contribution in [3.63, 3.8) is 0 Å². The van der Waals surface area contributed by atoms with Crippen LogP contribution in [0.4, 0.5) is 0 Å². The quantitative estimate of drug-likeness (QED) is 0.676. The summed E-state index contributed by atoms with van der Waals surface area (Å²) < 4.78 is 0. The Morgan fingerprint density at radius 3 is 2.53 bits per heavy atom. The van der Waals surface area contributed by atoms with E-state index in [9.17, 15) is 5.11 Å². The molecule has 0 radical (unpaired) electrons. The molecule has 2 aliphatic carbocycles. The van der Waals surface area contributed by atoms with Gasteiger partial charge in [0.1, 0.15) is 0 Å². The molecule has 0 saturated heterocycles. The fourth-order valence-corrected chi connectivity index (χ4v) is 2.91. The average molecular weight is 240 g/mol. The summed E-state index contributed by atoms with van der Waals surface area (Å²) in [7, 11) is 2.23. The Labute approximate surface area is 106 Å². The van der Waals surface area contributed by atoms with Crippen LogP contribution in [0.5, 0.6) is 0 Å². The normalized spacial score (nSPS) is 23.5. The number of nitrogens with one attached hydrogen (secondary N) is 1. The van der Waals surface area contributed by atoms with Gasteiger partial charge in [-0.1, -0.05) is 12.8 Å². The second-order valence-electron chi connectivity index (χ2n) is 6.02. The monoisotopic (exact) mass is 240 g/mol. The summed E-state index contributed by atoms with van der Waals surface area (Å²) in [5, 5.41) is 12.8. The minimum Gasteiger partial charge on any atom is -0.395 e. The molecule has 0 amide bonds. The standard InChI is InChI=1S/C14H28N2O/c1-16(10-12-4-2-3-5-12)9-8-14(11-17)15-13-6-7-13/h12-15,17H,2-11H2,1H3. The van der Waals surface area contributed by atoms with Gasteiger partial charge in [-0.3, -0.25) is 0 Å². The molecule has 0 aromatic heterocycles. The van der Waals surface area contributed by atoms with Crippen LogP contribution in [-0.4, -0.2) is 48.8 Å². The van der Waals surface area contributed by atoms with Crippen molar-refractivity contribution in [3.8, 4) is 0 Å². The Morgan fingerprint density at radius 2 is 1.94 bits per heavy atom. The molecule has 0 aromatic carbocycles. The van der Waals surface area contributed by atoms with Gasteiger partial charge in [-0.05, 0) is 51.6 Å². The van der Waals surface area contributed by atoms with Crippen LogP contribution in [0, 0.1) is 5.92 Å². The molecule has 100 valence electrons. The highest BCUT2D eigenvalue weighted by atomic mass is 16.3. The lowest BCUT2D eigenvalue weighted by Crippen LogP contribution is -2.38. The molecule has 2 aliphatic rings. The molecule has 1 atom stereocenters. The van der Waals surface area contributed by atoms with Crippen LogP contribution in [0.2, 0.25) is 0 Å². The lowest BCUT2D eigenvalue weighted by molar-refractivity contribution is 0.207. The Bertz CT molecular complexity index is 212. The van der Waals surface area contributed by atoms with Crippen molar-refractivity contribution in [1.29, 1.82) is 0 Å². The maximum Gasteiger partial charge on any atom is 0.0585 e. The predicted octanol–water partition coefficient (Wildman–Crippen LogP) is 1.61. The highest BCUT2D eigenvalue weighted by Crippen LogP contribution is 2.25. The molecule has 0 heterocycles. The summed E-state index contributed by atoms with van der Waals surface area (Å²) in [5.41, 5.74) is 0. The Morgan fingerprint density at radius 1 is 1.24 bits per heavy atom. The van der Waals surface area contributed by atoms with Crippen LogP contribution in [0.15, 0.2) is 0 Å². The van der Waals surface area contributed by atoms with Gasteiger partial charge >= 0.3 is 0 Å². The molecular weight excluding hydrogens is 212 g/mol. The van der Waals surface area contributed by atoms with Crippen molar-refractivity contribution < 1.29 is 5.11 Å².